The van der Waals surface area contributed by atoms with Crippen molar-refractivity contribution < 1.29 is 0 Å². The van der Waals surface area contributed by atoms with E-state index < -0.39 is 0 Å². The molecule has 0 radical (unpaired) electrons. The Labute approximate surface area is 85.9 Å². The Balaban J connectivity index is 2.48. The normalized spacial score (nSPS) is 10.0. The van der Waals surface area contributed by atoms with Crippen LogP contribution in [0.15, 0.2) is 30.8 Å². The van der Waals surface area contributed by atoms with Crippen molar-refractivity contribution >= 4 is 18.3 Å². The van der Waals surface area contributed by atoms with Crippen LogP contribution in [0.3, 0.4) is 0 Å². The zero-order valence-electron chi connectivity index (χ0n) is 7.34. The van der Waals surface area contributed by atoms with Crippen molar-refractivity contribution in [2.24, 2.45) is 0 Å². The topological polar surface area (TPSA) is 46.5 Å². The predicted molar refractivity (Wildman–Crippen MR) is 56.6 cm³/mol. The van der Waals surface area contributed by atoms with E-state index in [1.807, 2.05) is 24.3 Å². The van der Waals surface area contributed by atoms with Gasteiger partial charge in [-0.05, 0) is 29.9 Å². The molecule has 1 heterocycles. The Morgan fingerprint density at radius 1 is 1.36 bits per heavy atom. The molecule has 0 saturated heterocycles. The van der Waals surface area contributed by atoms with Gasteiger partial charge in [0.1, 0.15) is 0 Å². The molecular weight excluding hydrogens is 196 g/mol. The van der Waals surface area contributed by atoms with Crippen LogP contribution in [0, 0.1) is 4.77 Å². The molecule has 4 nitrogen and oxygen atoms in total. The Kier molecular flexibility index (Phi) is 2.24. The molecule has 1 N–H and O–H groups in total. The number of H-pyrrole nitrogens is 1. The summed E-state index contributed by atoms with van der Waals surface area (Å²) in [4.78, 5) is 0. The van der Waals surface area contributed by atoms with Gasteiger partial charge >= 0.3 is 0 Å². The molecule has 0 aliphatic rings. The monoisotopic (exact) mass is 204 g/mol. The summed E-state index contributed by atoms with van der Waals surface area (Å²) in [5.74, 6) is 0. The lowest BCUT2D eigenvalue weighted by Crippen LogP contribution is -1.96. The molecule has 5 heteroatoms. The summed E-state index contributed by atoms with van der Waals surface area (Å²) < 4.78 is 2.04. The first-order valence-electron chi connectivity index (χ1n) is 4.04. The molecule has 0 fully saturated rings. The van der Waals surface area contributed by atoms with E-state index in [4.69, 9.17) is 12.2 Å². The average molecular weight is 204 g/mol. The summed E-state index contributed by atoms with van der Waals surface area (Å²) >= 11 is 4.97. The van der Waals surface area contributed by atoms with Crippen LogP contribution >= 0.6 is 12.2 Å². The fourth-order valence-electron chi connectivity index (χ4n) is 1.13. The molecule has 0 atom stereocenters. The number of aromatic amines is 1. The third kappa shape index (κ3) is 1.49. The number of nitrogens with one attached hydrogen (secondary N) is 1. The highest BCUT2D eigenvalue weighted by molar-refractivity contribution is 7.71. The number of benzene rings is 1. The lowest BCUT2D eigenvalue weighted by molar-refractivity contribution is 0.786. The maximum absolute atomic E-state index is 4.97. The summed E-state index contributed by atoms with van der Waals surface area (Å²) in [5, 5.41) is 9.98. The molecule has 2 aromatic rings. The Morgan fingerprint density at radius 2 is 2.07 bits per heavy atom. The van der Waals surface area contributed by atoms with E-state index in [0.29, 0.717) is 4.77 Å². The Hall–Kier alpha value is -1.75. The molecule has 2 rings (SSSR count). The maximum atomic E-state index is 4.97. The van der Waals surface area contributed by atoms with Crippen LogP contribution in [0.5, 0.6) is 0 Å². The molecule has 0 aliphatic carbocycles. The van der Waals surface area contributed by atoms with Crippen LogP contribution in [-0.2, 0) is 0 Å². The molecule has 0 amide bonds. The highest BCUT2D eigenvalue weighted by atomic mass is 32.1. The molecule has 0 aliphatic heterocycles. The van der Waals surface area contributed by atoms with E-state index in [9.17, 15) is 0 Å². The van der Waals surface area contributed by atoms with Gasteiger partial charge in [0.15, 0.2) is 0 Å². The number of aromatic nitrogens is 4. The highest BCUT2D eigenvalue weighted by Gasteiger charge is 1.97. The van der Waals surface area contributed by atoms with Crippen molar-refractivity contribution in [3.05, 3.63) is 41.2 Å². The van der Waals surface area contributed by atoms with Gasteiger partial charge < -0.3 is 0 Å². The molecular formula is C9H8N4S. The zero-order chi connectivity index (χ0) is 9.97. The van der Waals surface area contributed by atoms with Crippen LogP contribution in [0.1, 0.15) is 5.56 Å². The number of hydrogen-bond acceptors (Lipinski definition) is 3. The van der Waals surface area contributed by atoms with Gasteiger partial charge in [0.2, 0.25) is 4.77 Å². The minimum Gasteiger partial charge on any atom is -0.210 e. The Morgan fingerprint density at radius 3 is 2.57 bits per heavy atom. The summed E-state index contributed by atoms with van der Waals surface area (Å²) in [6.45, 7) is 3.68. The van der Waals surface area contributed by atoms with Crippen molar-refractivity contribution in [1.29, 1.82) is 0 Å². The molecule has 0 spiro atoms. The van der Waals surface area contributed by atoms with Gasteiger partial charge in [-0.1, -0.05) is 35.1 Å². The van der Waals surface area contributed by atoms with E-state index in [2.05, 4.69) is 22.1 Å². The van der Waals surface area contributed by atoms with Crippen molar-refractivity contribution in [2.75, 3.05) is 0 Å². The third-order valence-corrected chi connectivity index (χ3v) is 2.12. The average Bonchev–Trinajstić information content (AvgIpc) is 2.65. The summed E-state index contributed by atoms with van der Waals surface area (Å²) in [6, 6.07) is 7.75. The molecule has 1 aromatic carbocycles. The van der Waals surface area contributed by atoms with Crippen molar-refractivity contribution in [2.45, 2.75) is 0 Å². The van der Waals surface area contributed by atoms with Gasteiger partial charge in [-0.3, -0.25) is 0 Å². The number of tetrazole rings is 1. The first kappa shape index (κ1) is 8.83. The third-order valence-electron chi connectivity index (χ3n) is 1.86. The molecule has 14 heavy (non-hydrogen) atoms. The number of nitrogens with zero attached hydrogens (tertiary/aromatic N) is 3. The largest absolute Gasteiger partial charge is 0.242 e. The lowest BCUT2D eigenvalue weighted by Gasteiger charge is -2.00. The van der Waals surface area contributed by atoms with Crippen LogP contribution in [0.25, 0.3) is 11.8 Å². The van der Waals surface area contributed by atoms with E-state index in [-0.39, 0.29) is 0 Å². The highest BCUT2D eigenvalue weighted by Crippen LogP contribution is 2.08. The second-order valence-corrected chi connectivity index (χ2v) is 3.08. The van der Waals surface area contributed by atoms with Crippen molar-refractivity contribution in [3.63, 3.8) is 0 Å². The van der Waals surface area contributed by atoms with Crippen molar-refractivity contribution in [1.82, 2.24) is 20.2 Å². The van der Waals surface area contributed by atoms with E-state index in [1.165, 1.54) is 0 Å². The van der Waals surface area contributed by atoms with Gasteiger partial charge in [-0.2, -0.15) is 5.21 Å². The van der Waals surface area contributed by atoms with Gasteiger partial charge in [0.05, 0.1) is 5.69 Å². The fraction of sp³-hybridized carbons (Fsp3) is 0. The van der Waals surface area contributed by atoms with E-state index in [0.717, 1.165) is 11.3 Å². The van der Waals surface area contributed by atoms with Gasteiger partial charge in [-0.15, -0.1) is 0 Å². The smallest absolute Gasteiger partial charge is 0.210 e. The van der Waals surface area contributed by atoms with E-state index >= 15 is 0 Å². The standard InChI is InChI=1S/C9H8N4S/c1-2-7-3-5-8(6-4-7)13-9(14)10-11-12-13/h2-6H,1H2,(H,10,12,14). The second-order valence-electron chi connectivity index (χ2n) is 2.71. The molecule has 0 unspecified atom stereocenters. The Bertz CT molecular complexity index is 494. The minimum absolute atomic E-state index is 0.413. The van der Waals surface area contributed by atoms with Crippen molar-refractivity contribution in [3.8, 4) is 5.69 Å². The first-order chi connectivity index (χ1) is 6.81. The summed E-state index contributed by atoms with van der Waals surface area (Å²) in [7, 11) is 0. The molecule has 70 valence electrons. The van der Waals surface area contributed by atoms with Crippen LogP contribution in [0.4, 0.5) is 0 Å². The second kappa shape index (κ2) is 3.55. The van der Waals surface area contributed by atoms with Crippen LogP contribution in [0.2, 0.25) is 0 Å². The zero-order valence-corrected chi connectivity index (χ0v) is 8.16. The summed E-state index contributed by atoms with van der Waals surface area (Å²) in [6.07, 6.45) is 1.79. The molecule has 0 bridgehead atoms. The van der Waals surface area contributed by atoms with Crippen LogP contribution < -0.4 is 0 Å². The van der Waals surface area contributed by atoms with Gasteiger partial charge in [-0.25, -0.2) is 4.68 Å². The fourth-order valence-corrected chi connectivity index (χ4v) is 1.31. The SMILES string of the molecule is C=Cc1ccc(-n2[nH]nnc2=S)cc1. The summed E-state index contributed by atoms with van der Waals surface area (Å²) in [5.41, 5.74) is 1.97. The first-order valence-corrected chi connectivity index (χ1v) is 4.45. The number of hydrogen-bond donors (Lipinski definition) is 1. The maximum Gasteiger partial charge on any atom is 0.242 e. The van der Waals surface area contributed by atoms with Gasteiger partial charge in [0, 0.05) is 0 Å². The van der Waals surface area contributed by atoms with Crippen LogP contribution in [-0.4, -0.2) is 20.2 Å². The predicted octanol–water partition coefficient (Wildman–Crippen LogP) is 1.97. The number of rotatable bonds is 2. The quantitative estimate of drug-likeness (QED) is 0.761. The van der Waals surface area contributed by atoms with Gasteiger partial charge in [0.25, 0.3) is 0 Å². The molecule has 1 aromatic heterocycles. The lowest BCUT2D eigenvalue weighted by atomic mass is 10.2. The minimum atomic E-state index is 0.413. The molecule has 0 saturated carbocycles. The van der Waals surface area contributed by atoms with E-state index in [1.54, 1.807) is 10.8 Å².